The van der Waals surface area contributed by atoms with Gasteiger partial charge in [-0.15, -0.1) is 0 Å². The van der Waals surface area contributed by atoms with Gasteiger partial charge in [0.25, 0.3) is 0 Å². The number of nitrogens with one attached hydrogen (secondary N) is 1. The minimum absolute atomic E-state index is 0.122. The molecule has 1 aromatic carbocycles. The number of methoxy groups -OCH3 is 3. The SMILES string of the molecule is COC(=O)C1=C(C)N=C2SC=C(CC(=O)NCCc3ccccn3)N2C1c1ccc(OC)cc1OC. The zero-order valence-corrected chi connectivity index (χ0v) is 21.4. The number of rotatable bonds is 9. The highest BCUT2D eigenvalue weighted by atomic mass is 32.2. The van der Waals surface area contributed by atoms with E-state index in [0.717, 1.165) is 17.0 Å². The van der Waals surface area contributed by atoms with Crippen LogP contribution in [0.2, 0.25) is 0 Å². The Hall–Kier alpha value is -3.79. The van der Waals surface area contributed by atoms with Crippen molar-refractivity contribution in [2.24, 2.45) is 4.99 Å². The number of pyridine rings is 1. The van der Waals surface area contributed by atoms with Crippen molar-refractivity contribution in [2.45, 2.75) is 25.8 Å². The van der Waals surface area contributed by atoms with Gasteiger partial charge in [-0.1, -0.05) is 17.8 Å². The Morgan fingerprint density at radius 3 is 2.67 bits per heavy atom. The van der Waals surface area contributed by atoms with Gasteiger partial charge >= 0.3 is 5.97 Å². The Balaban J connectivity index is 1.61. The third-order valence-electron chi connectivity index (χ3n) is 5.91. The maximum Gasteiger partial charge on any atom is 0.338 e. The largest absolute Gasteiger partial charge is 0.497 e. The highest BCUT2D eigenvalue weighted by molar-refractivity contribution is 8.16. The van der Waals surface area contributed by atoms with E-state index in [1.54, 1.807) is 33.4 Å². The van der Waals surface area contributed by atoms with Gasteiger partial charge in [0.2, 0.25) is 5.91 Å². The number of thioether (sulfide) groups is 1. The minimum atomic E-state index is -0.589. The van der Waals surface area contributed by atoms with Gasteiger partial charge < -0.3 is 24.4 Å². The third kappa shape index (κ3) is 5.23. The van der Waals surface area contributed by atoms with E-state index in [9.17, 15) is 9.59 Å². The number of benzene rings is 1. The highest BCUT2D eigenvalue weighted by Crippen LogP contribution is 2.47. The summed E-state index contributed by atoms with van der Waals surface area (Å²) in [4.78, 5) is 36.6. The Morgan fingerprint density at radius 1 is 1.14 bits per heavy atom. The van der Waals surface area contributed by atoms with Gasteiger partial charge in [-0.3, -0.25) is 9.78 Å². The molecule has 1 aromatic heterocycles. The van der Waals surface area contributed by atoms with Crippen LogP contribution >= 0.6 is 11.8 Å². The lowest BCUT2D eigenvalue weighted by Crippen LogP contribution is -2.38. The lowest BCUT2D eigenvalue weighted by atomic mass is 9.93. The van der Waals surface area contributed by atoms with Crippen molar-refractivity contribution in [2.75, 3.05) is 27.9 Å². The fourth-order valence-corrected chi connectivity index (χ4v) is 5.15. The first-order chi connectivity index (χ1) is 17.5. The predicted molar refractivity (Wildman–Crippen MR) is 138 cm³/mol. The van der Waals surface area contributed by atoms with E-state index in [-0.39, 0.29) is 12.3 Å². The fourth-order valence-electron chi connectivity index (χ4n) is 4.18. The first kappa shape index (κ1) is 25.3. The van der Waals surface area contributed by atoms with Crippen molar-refractivity contribution >= 4 is 28.8 Å². The van der Waals surface area contributed by atoms with E-state index in [4.69, 9.17) is 14.2 Å². The maximum atomic E-state index is 12.9. The molecule has 0 aliphatic carbocycles. The molecule has 36 heavy (non-hydrogen) atoms. The molecule has 3 heterocycles. The molecule has 0 saturated heterocycles. The molecule has 9 nitrogen and oxygen atoms in total. The van der Waals surface area contributed by atoms with Crippen LogP contribution in [0.25, 0.3) is 0 Å². The Morgan fingerprint density at radius 2 is 1.97 bits per heavy atom. The van der Waals surface area contributed by atoms with Gasteiger partial charge in [-0.2, -0.15) is 0 Å². The van der Waals surface area contributed by atoms with Crippen molar-refractivity contribution in [1.82, 2.24) is 15.2 Å². The fraction of sp³-hybridized carbons (Fsp3) is 0.308. The van der Waals surface area contributed by atoms with Crippen molar-refractivity contribution in [3.63, 3.8) is 0 Å². The predicted octanol–water partition coefficient (Wildman–Crippen LogP) is 3.60. The number of hydrogen-bond acceptors (Lipinski definition) is 9. The summed E-state index contributed by atoms with van der Waals surface area (Å²) in [7, 11) is 4.48. The number of amidine groups is 1. The first-order valence-electron chi connectivity index (χ1n) is 11.4. The molecule has 0 fully saturated rings. The van der Waals surface area contributed by atoms with Crippen LogP contribution < -0.4 is 14.8 Å². The average Bonchev–Trinajstić information content (AvgIpc) is 3.29. The second-order valence-corrected chi connectivity index (χ2v) is 8.93. The zero-order valence-electron chi connectivity index (χ0n) is 20.6. The summed E-state index contributed by atoms with van der Waals surface area (Å²) in [6.45, 7) is 2.25. The smallest absolute Gasteiger partial charge is 0.338 e. The number of aromatic nitrogens is 1. The van der Waals surface area contributed by atoms with E-state index >= 15 is 0 Å². The molecule has 1 N–H and O–H groups in total. The van der Waals surface area contributed by atoms with Crippen LogP contribution in [-0.2, 0) is 20.7 Å². The number of esters is 1. The molecule has 0 bridgehead atoms. The number of fused-ring (bicyclic) bond motifs is 1. The Bertz CT molecular complexity index is 1240. The van der Waals surface area contributed by atoms with Crippen molar-refractivity contribution in [3.8, 4) is 11.5 Å². The van der Waals surface area contributed by atoms with Crippen molar-refractivity contribution in [1.29, 1.82) is 0 Å². The van der Waals surface area contributed by atoms with Crippen LogP contribution in [0.4, 0.5) is 0 Å². The van der Waals surface area contributed by atoms with Crippen LogP contribution in [-0.4, -0.2) is 54.8 Å². The van der Waals surface area contributed by atoms with Crippen LogP contribution in [0.1, 0.15) is 30.6 Å². The van der Waals surface area contributed by atoms with Gasteiger partial charge in [-0.05, 0) is 36.6 Å². The van der Waals surface area contributed by atoms with E-state index in [1.165, 1.54) is 18.9 Å². The van der Waals surface area contributed by atoms with Crippen molar-refractivity contribution in [3.05, 3.63) is 76.2 Å². The molecular formula is C26H28N4O5S. The first-order valence-corrected chi connectivity index (χ1v) is 12.3. The van der Waals surface area contributed by atoms with Gasteiger partial charge in [0.15, 0.2) is 5.17 Å². The quantitative estimate of drug-likeness (QED) is 0.513. The molecule has 0 saturated carbocycles. The van der Waals surface area contributed by atoms with Gasteiger partial charge in [0.1, 0.15) is 11.5 Å². The van der Waals surface area contributed by atoms with Crippen LogP contribution in [0.5, 0.6) is 11.5 Å². The zero-order chi connectivity index (χ0) is 25.7. The van der Waals surface area contributed by atoms with Gasteiger partial charge in [0, 0.05) is 42.2 Å². The summed E-state index contributed by atoms with van der Waals surface area (Å²) in [5.41, 5.74) is 3.31. The van der Waals surface area contributed by atoms with Crippen LogP contribution in [0.15, 0.2) is 70.0 Å². The van der Waals surface area contributed by atoms with E-state index in [1.807, 2.05) is 40.6 Å². The van der Waals surface area contributed by atoms with E-state index in [2.05, 4.69) is 15.3 Å². The van der Waals surface area contributed by atoms with E-state index in [0.29, 0.717) is 40.9 Å². The number of nitrogens with zero attached hydrogens (tertiary/aromatic N) is 3. The second-order valence-electron chi connectivity index (χ2n) is 8.09. The summed E-state index contributed by atoms with van der Waals surface area (Å²) in [6.07, 6.45) is 2.49. The summed E-state index contributed by atoms with van der Waals surface area (Å²) in [6, 6.07) is 10.5. The summed E-state index contributed by atoms with van der Waals surface area (Å²) < 4.78 is 16.1. The minimum Gasteiger partial charge on any atom is -0.497 e. The molecular weight excluding hydrogens is 480 g/mol. The van der Waals surface area contributed by atoms with Crippen molar-refractivity contribution < 1.29 is 23.8 Å². The number of amides is 1. The number of aliphatic imine (C=N–C) groups is 1. The molecule has 2 aliphatic rings. The number of ether oxygens (including phenoxy) is 3. The molecule has 10 heteroatoms. The van der Waals surface area contributed by atoms with Crippen LogP contribution in [0, 0.1) is 0 Å². The lowest BCUT2D eigenvalue weighted by molar-refractivity contribution is -0.136. The molecule has 2 aromatic rings. The molecule has 2 aliphatic heterocycles. The number of carbonyl (C=O) groups is 2. The number of hydrogen-bond donors (Lipinski definition) is 1. The Kier molecular flexibility index (Phi) is 7.94. The highest BCUT2D eigenvalue weighted by Gasteiger charge is 2.42. The molecule has 188 valence electrons. The maximum absolute atomic E-state index is 12.9. The average molecular weight is 509 g/mol. The third-order valence-corrected chi connectivity index (χ3v) is 6.80. The summed E-state index contributed by atoms with van der Waals surface area (Å²) in [5, 5.41) is 5.54. The van der Waals surface area contributed by atoms with Crippen LogP contribution in [0.3, 0.4) is 0 Å². The standard InChI is InChI=1S/C26H28N4O5S/c1-16-23(25(32)35-4)24(20-9-8-19(33-2)14-21(20)34-3)30-18(15-36-26(30)29-16)13-22(31)28-12-10-17-7-5-6-11-27-17/h5-9,11,14-15,24H,10,12-13H2,1-4H3,(H,28,31). The summed E-state index contributed by atoms with van der Waals surface area (Å²) >= 11 is 1.41. The Labute approximate surface area is 214 Å². The van der Waals surface area contributed by atoms with Gasteiger partial charge in [0.05, 0.1) is 45.1 Å². The van der Waals surface area contributed by atoms with Gasteiger partial charge in [-0.25, -0.2) is 9.79 Å². The molecule has 4 rings (SSSR count). The monoisotopic (exact) mass is 508 g/mol. The molecule has 1 unspecified atom stereocenters. The molecule has 1 amide bonds. The van der Waals surface area contributed by atoms with E-state index < -0.39 is 12.0 Å². The topological polar surface area (TPSA) is 102 Å². The molecule has 0 radical (unpaired) electrons. The molecule has 0 spiro atoms. The molecule has 1 atom stereocenters. The number of carbonyl (C=O) groups excluding carboxylic acids is 2. The number of allylic oxidation sites excluding steroid dienone is 1. The summed E-state index contributed by atoms with van der Waals surface area (Å²) in [5.74, 6) is 0.546. The lowest BCUT2D eigenvalue weighted by Gasteiger charge is -2.36. The normalized spacial score (nSPS) is 16.7. The second kappa shape index (κ2) is 11.3.